The zero-order chi connectivity index (χ0) is 20.6. The molecule has 0 spiro atoms. The molecule has 0 aliphatic carbocycles. The number of aliphatic hydroxyl groups excluding tert-OH is 1. The molecular weight excluding hydrogens is 368 g/mol. The van der Waals surface area contributed by atoms with E-state index in [4.69, 9.17) is 0 Å². The van der Waals surface area contributed by atoms with Gasteiger partial charge in [-0.3, -0.25) is 10.1 Å². The van der Waals surface area contributed by atoms with E-state index < -0.39 is 0 Å². The Kier molecular flexibility index (Phi) is 6.65. The average molecular weight is 390 g/mol. The molecule has 3 aromatic rings. The van der Waals surface area contributed by atoms with Crippen LogP contribution in [0.5, 0.6) is 0 Å². The molecule has 0 aromatic heterocycles. The van der Waals surface area contributed by atoms with Gasteiger partial charge < -0.3 is 10.0 Å². The molecule has 0 fully saturated rings. The summed E-state index contributed by atoms with van der Waals surface area (Å²) in [7, 11) is 0. The second kappa shape index (κ2) is 9.57. The highest BCUT2D eigenvalue weighted by atomic mass is 16.6. The van der Waals surface area contributed by atoms with Crippen molar-refractivity contribution in [1.82, 2.24) is 0 Å². The van der Waals surface area contributed by atoms with Gasteiger partial charge in [-0.05, 0) is 42.8 Å². The van der Waals surface area contributed by atoms with E-state index in [1.54, 1.807) is 30.3 Å². The molecule has 0 aliphatic rings. The third kappa shape index (κ3) is 4.83. The number of rotatable bonds is 8. The molecule has 148 valence electrons. The minimum atomic E-state index is -0.386. The van der Waals surface area contributed by atoms with Crippen molar-refractivity contribution in [3.8, 4) is 11.1 Å². The number of hydrogen-bond acceptors (Lipinski definition) is 6. The van der Waals surface area contributed by atoms with Crippen molar-refractivity contribution in [3.05, 3.63) is 82.9 Å². The largest absolute Gasteiger partial charge is 0.395 e. The fourth-order valence-corrected chi connectivity index (χ4v) is 3.08. The maximum absolute atomic E-state index is 11.4. The third-order valence-electron chi connectivity index (χ3n) is 4.51. The minimum Gasteiger partial charge on any atom is -0.395 e. The highest BCUT2D eigenvalue weighted by molar-refractivity contribution is 5.80. The highest BCUT2D eigenvalue weighted by Crippen LogP contribution is 2.37. The number of likely N-dealkylation sites (N-methyl/N-ethyl adjacent to an activating group) is 1. The number of hydrogen-bond donors (Lipinski definition) is 1. The molecule has 0 saturated carbocycles. The van der Waals surface area contributed by atoms with Gasteiger partial charge in [0.05, 0.1) is 28.5 Å². The van der Waals surface area contributed by atoms with Crippen LogP contribution in [0, 0.1) is 10.1 Å². The van der Waals surface area contributed by atoms with Crippen LogP contribution in [0.1, 0.15) is 6.92 Å². The fraction of sp³-hybridized carbons (Fsp3) is 0.182. The van der Waals surface area contributed by atoms with Gasteiger partial charge in [-0.1, -0.05) is 36.4 Å². The summed E-state index contributed by atoms with van der Waals surface area (Å²) in [6.07, 6.45) is 0. The van der Waals surface area contributed by atoms with E-state index >= 15 is 0 Å². The van der Waals surface area contributed by atoms with Gasteiger partial charge in [0.1, 0.15) is 5.69 Å². The fourth-order valence-electron chi connectivity index (χ4n) is 3.08. The van der Waals surface area contributed by atoms with Crippen molar-refractivity contribution in [3.63, 3.8) is 0 Å². The number of nitro groups is 1. The molecule has 3 rings (SSSR count). The van der Waals surface area contributed by atoms with Crippen LogP contribution in [0.15, 0.2) is 83.0 Å². The summed E-state index contributed by atoms with van der Waals surface area (Å²) >= 11 is 0. The predicted molar refractivity (Wildman–Crippen MR) is 114 cm³/mol. The van der Waals surface area contributed by atoms with Gasteiger partial charge in [0, 0.05) is 19.2 Å². The van der Waals surface area contributed by atoms with Gasteiger partial charge in [0.15, 0.2) is 0 Å². The van der Waals surface area contributed by atoms with Gasteiger partial charge in [-0.25, -0.2) is 0 Å². The number of para-hydroxylation sites is 1. The number of aliphatic hydroxyl groups is 1. The molecule has 0 unspecified atom stereocenters. The summed E-state index contributed by atoms with van der Waals surface area (Å²) in [5.74, 6) is 0. The number of nitro benzene ring substituents is 1. The summed E-state index contributed by atoms with van der Waals surface area (Å²) in [4.78, 5) is 13.0. The molecule has 0 radical (unpaired) electrons. The lowest BCUT2D eigenvalue weighted by Crippen LogP contribution is -2.26. The number of benzene rings is 3. The van der Waals surface area contributed by atoms with E-state index in [1.165, 1.54) is 6.07 Å². The predicted octanol–water partition coefficient (Wildman–Crippen LogP) is 5.50. The van der Waals surface area contributed by atoms with Gasteiger partial charge in [0.2, 0.25) is 0 Å². The normalized spacial score (nSPS) is 11.0. The zero-order valence-corrected chi connectivity index (χ0v) is 16.1. The van der Waals surface area contributed by atoms with Crippen LogP contribution in [0.25, 0.3) is 11.1 Å². The highest BCUT2D eigenvalue weighted by Gasteiger charge is 2.17. The summed E-state index contributed by atoms with van der Waals surface area (Å²) in [5.41, 5.74) is 3.41. The second-order valence-corrected chi connectivity index (χ2v) is 6.32. The third-order valence-corrected chi connectivity index (χ3v) is 4.51. The Labute approximate surface area is 169 Å². The Morgan fingerprint density at radius 1 is 1.00 bits per heavy atom. The molecule has 7 heteroatoms. The summed E-state index contributed by atoms with van der Waals surface area (Å²) in [6.45, 7) is 3.03. The summed E-state index contributed by atoms with van der Waals surface area (Å²) in [6, 6.07) is 21.5. The SMILES string of the molecule is CCN(CCO)c1cc(-c2ccccc2[N+](=O)[O-])ccc1N=Nc1ccccc1. The van der Waals surface area contributed by atoms with E-state index in [0.29, 0.717) is 29.9 Å². The number of nitrogens with zero attached hydrogens (tertiary/aromatic N) is 4. The molecule has 0 bridgehead atoms. The molecule has 3 aromatic carbocycles. The quantitative estimate of drug-likeness (QED) is 0.312. The van der Waals surface area contributed by atoms with Crippen molar-refractivity contribution in [1.29, 1.82) is 0 Å². The summed E-state index contributed by atoms with van der Waals surface area (Å²) in [5, 5.41) is 29.6. The lowest BCUT2D eigenvalue weighted by atomic mass is 10.0. The van der Waals surface area contributed by atoms with Crippen LogP contribution in [0.3, 0.4) is 0 Å². The molecular formula is C22H22N4O3. The van der Waals surface area contributed by atoms with Gasteiger partial charge in [0.25, 0.3) is 5.69 Å². The Hall–Kier alpha value is -3.58. The first kappa shape index (κ1) is 20.2. The van der Waals surface area contributed by atoms with Crippen molar-refractivity contribution in [2.24, 2.45) is 10.2 Å². The Balaban J connectivity index is 2.08. The van der Waals surface area contributed by atoms with Crippen LogP contribution in [0.4, 0.5) is 22.7 Å². The smallest absolute Gasteiger partial charge is 0.277 e. The van der Waals surface area contributed by atoms with E-state index in [-0.39, 0.29) is 17.2 Å². The Morgan fingerprint density at radius 2 is 1.72 bits per heavy atom. The zero-order valence-electron chi connectivity index (χ0n) is 16.1. The van der Waals surface area contributed by atoms with Crippen LogP contribution >= 0.6 is 0 Å². The van der Waals surface area contributed by atoms with E-state index in [1.807, 2.05) is 48.2 Å². The molecule has 29 heavy (non-hydrogen) atoms. The van der Waals surface area contributed by atoms with Gasteiger partial charge in [-0.15, -0.1) is 5.11 Å². The second-order valence-electron chi connectivity index (χ2n) is 6.32. The first-order valence-electron chi connectivity index (χ1n) is 9.34. The maximum Gasteiger partial charge on any atom is 0.277 e. The van der Waals surface area contributed by atoms with Gasteiger partial charge in [-0.2, -0.15) is 5.11 Å². The lowest BCUT2D eigenvalue weighted by molar-refractivity contribution is -0.384. The van der Waals surface area contributed by atoms with E-state index in [9.17, 15) is 15.2 Å². The van der Waals surface area contributed by atoms with Crippen molar-refractivity contribution in [2.75, 3.05) is 24.6 Å². The molecule has 1 N–H and O–H groups in total. The summed E-state index contributed by atoms with van der Waals surface area (Å²) < 4.78 is 0. The molecule has 7 nitrogen and oxygen atoms in total. The average Bonchev–Trinajstić information content (AvgIpc) is 2.76. The van der Waals surface area contributed by atoms with E-state index in [2.05, 4.69) is 10.2 Å². The van der Waals surface area contributed by atoms with Crippen LogP contribution in [0.2, 0.25) is 0 Å². The van der Waals surface area contributed by atoms with Crippen LogP contribution in [-0.4, -0.2) is 29.7 Å². The van der Waals surface area contributed by atoms with Crippen molar-refractivity contribution in [2.45, 2.75) is 6.92 Å². The van der Waals surface area contributed by atoms with Crippen molar-refractivity contribution < 1.29 is 10.0 Å². The van der Waals surface area contributed by atoms with Crippen molar-refractivity contribution >= 4 is 22.7 Å². The molecule has 0 amide bonds. The van der Waals surface area contributed by atoms with Crippen LogP contribution in [-0.2, 0) is 0 Å². The minimum absolute atomic E-state index is 0.0151. The van der Waals surface area contributed by atoms with Crippen LogP contribution < -0.4 is 4.90 Å². The standard InChI is InChI=1S/C22H22N4O3/c1-2-25(14-15-27)22-16-17(19-10-6-7-11-21(19)26(28)29)12-13-20(22)24-23-18-8-4-3-5-9-18/h3-13,16,27H,2,14-15H2,1H3. The molecule has 0 saturated heterocycles. The molecule has 0 atom stereocenters. The molecule has 0 aliphatic heterocycles. The number of azo groups is 1. The lowest BCUT2D eigenvalue weighted by Gasteiger charge is -2.24. The topological polar surface area (TPSA) is 91.3 Å². The monoisotopic (exact) mass is 390 g/mol. The number of anilines is 1. The first-order valence-corrected chi connectivity index (χ1v) is 9.34. The Bertz CT molecular complexity index is 1010. The van der Waals surface area contributed by atoms with E-state index in [0.717, 1.165) is 11.4 Å². The molecule has 0 heterocycles. The first-order chi connectivity index (χ1) is 14.1. The van der Waals surface area contributed by atoms with Gasteiger partial charge >= 0.3 is 0 Å². The Morgan fingerprint density at radius 3 is 2.41 bits per heavy atom. The maximum atomic E-state index is 11.4.